The number of rotatable bonds is 5. The Morgan fingerprint density at radius 2 is 2.00 bits per heavy atom. The van der Waals surface area contributed by atoms with Crippen molar-refractivity contribution in [3.63, 3.8) is 0 Å². The number of hydrogen-bond acceptors (Lipinski definition) is 4. The van der Waals surface area contributed by atoms with E-state index in [1.165, 1.54) is 18.2 Å². The fourth-order valence-electron chi connectivity index (χ4n) is 2.55. The van der Waals surface area contributed by atoms with Crippen molar-refractivity contribution in [1.82, 2.24) is 5.16 Å². The van der Waals surface area contributed by atoms with Crippen molar-refractivity contribution in [2.75, 3.05) is 5.32 Å². The molecule has 3 aromatic rings. The van der Waals surface area contributed by atoms with Gasteiger partial charge in [0, 0.05) is 5.69 Å². The molecule has 26 heavy (non-hydrogen) atoms. The van der Waals surface area contributed by atoms with Crippen LogP contribution in [0.3, 0.4) is 0 Å². The van der Waals surface area contributed by atoms with Crippen molar-refractivity contribution >= 4 is 11.6 Å². The minimum Gasteiger partial charge on any atom is -0.489 e. The molecule has 0 aliphatic heterocycles. The molecule has 5 nitrogen and oxygen atoms in total. The highest BCUT2D eigenvalue weighted by molar-refractivity contribution is 6.04. The van der Waals surface area contributed by atoms with Crippen LogP contribution >= 0.6 is 0 Å². The maximum absolute atomic E-state index is 13.2. The molecule has 0 saturated carbocycles. The first-order valence-corrected chi connectivity index (χ1v) is 8.16. The number of nitrogens with zero attached hydrogens (tertiary/aromatic N) is 1. The number of ether oxygens (including phenoxy) is 1. The molecule has 1 N–H and O–H groups in total. The summed E-state index contributed by atoms with van der Waals surface area (Å²) in [5.74, 6) is 0.425. The molecule has 0 unspecified atom stereocenters. The Morgan fingerprint density at radius 3 is 2.73 bits per heavy atom. The molecule has 0 radical (unpaired) electrons. The Bertz CT molecular complexity index is 950. The molecule has 0 spiro atoms. The number of aromatic nitrogens is 1. The number of carbonyl (C=O) groups excluding carboxylic acids is 1. The Balaban J connectivity index is 1.77. The molecule has 2 aromatic carbocycles. The normalized spacial score (nSPS) is 10.6. The van der Waals surface area contributed by atoms with E-state index in [0.29, 0.717) is 28.3 Å². The van der Waals surface area contributed by atoms with Crippen LogP contribution < -0.4 is 10.1 Å². The average Bonchev–Trinajstić information content (AvgIpc) is 2.96. The molecule has 1 aromatic heterocycles. The summed E-state index contributed by atoms with van der Waals surface area (Å²) in [7, 11) is 0. The number of aryl methyl sites for hydroxylation is 3. The summed E-state index contributed by atoms with van der Waals surface area (Å²) in [6.07, 6.45) is 0. The molecular formula is C20H19FN2O3. The Kier molecular flexibility index (Phi) is 5.02. The van der Waals surface area contributed by atoms with Gasteiger partial charge in [0.25, 0.3) is 5.91 Å². The number of nitrogens with one attached hydrogen (secondary N) is 1. The topological polar surface area (TPSA) is 64.4 Å². The van der Waals surface area contributed by atoms with Crippen LogP contribution in [-0.2, 0) is 6.61 Å². The Hall–Kier alpha value is -3.15. The maximum atomic E-state index is 13.2. The highest BCUT2D eigenvalue weighted by Crippen LogP contribution is 2.21. The van der Waals surface area contributed by atoms with Crippen LogP contribution in [0.2, 0.25) is 0 Å². The lowest BCUT2D eigenvalue weighted by molar-refractivity contribution is 0.101. The highest BCUT2D eigenvalue weighted by Gasteiger charge is 2.21. The number of halogens is 1. The van der Waals surface area contributed by atoms with E-state index in [1.54, 1.807) is 13.8 Å². The van der Waals surface area contributed by atoms with Gasteiger partial charge >= 0.3 is 0 Å². The quantitative estimate of drug-likeness (QED) is 0.729. The summed E-state index contributed by atoms with van der Waals surface area (Å²) in [5.41, 5.74) is 2.94. The van der Waals surface area contributed by atoms with Gasteiger partial charge in [0.1, 0.15) is 23.9 Å². The van der Waals surface area contributed by atoms with E-state index in [4.69, 9.17) is 9.26 Å². The van der Waals surface area contributed by atoms with E-state index < -0.39 is 5.91 Å². The molecule has 1 heterocycles. The van der Waals surface area contributed by atoms with E-state index in [2.05, 4.69) is 10.5 Å². The molecule has 3 rings (SSSR count). The lowest BCUT2D eigenvalue weighted by Crippen LogP contribution is -2.16. The zero-order valence-corrected chi connectivity index (χ0v) is 14.8. The SMILES string of the molecule is Cc1cccc(OCc2c(C(=O)Nc3ccc(F)cc3C)noc2C)c1. The third kappa shape index (κ3) is 3.91. The summed E-state index contributed by atoms with van der Waals surface area (Å²) < 4.78 is 24.1. The second kappa shape index (κ2) is 7.39. The van der Waals surface area contributed by atoms with Gasteiger partial charge in [-0.1, -0.05) is 17.3 Å². The van der Waals surface area contributed by atoms with Crippen LogP contribution in [-0.4, -0.2) is 11.1 Å². The molecule has 0 bridgehead atoms. The van der Waals surface area contributed by atoms with Crippen molar-refractivity contribution in [2.24, 2.45) is 0 Å². The molecule has 1 amide bonds. The van der Waals surface area contributed by atoms with Gasteiger partial charge in [0.15, 0.2) is 5.69 Å². The van der Waals surface area contributed by atoms with Gasteiger partial charge in [-0.05, 0) is 62.2 Å². The molecule has 6 heteroatoms. The molecule has 0 aliphatic carbocycles. The van der Waals surface area contributed by atoms with Gasteiger partial charge in [-0.25, -0.2) is 4.39 Å². The summed E-state index contributed by atoms with van der Waals surface area (Å²) in [5, 5.41) is 6.58. The van der Waals surface area contributed by atoms with Crippen LogP contribution in [0.4, 0.5) is 10.1 Å². The van der Waals surface area contributed by atoms with Crippen molar-refractivity contribution in [2.45, 2.75) is 27.4 Å². The molecule has 134 valence electrons. The van der Waals surface area contributed by atoms with Gasteiger partial charge in [-0.2, -0.15) is 0 Å². The lowest BCUT2D eigenvalue weighted by Gasteiger charge is -2.09. The van der Waals surface area contributed by atoms with Crippen LogP contribution in [0.5, 0.6) is 5.75 Å². The van der Waals surface area contributed by atoms with E-state index >= 15 is 0 Å². The largest absolute Gasteiger partial charge is 0.489 e. The summed E-state index contributed by atoms with van der Waals surface area (Å²) >= 11 is 0. The van der Waals surface area contributed by atoms with Crippen LogP contribution in [0, 0.1) is 26.6 Å². The fourth-order valence-corrected chi connectivity index (χ4v) is 2.55. The van der Waals surface area contributed by atoms with Gasteiger partial charge in [-0.15, -0.1) is 0 Å². The van der Waals surface area contributed by atoms with E-state index in [9.17, 15) is 9.18 Å². The summed E-state index contributed by atoms with van der Waals surface area (Å²) in [4.78, 5) is 12.6. The first-order valence-electron chi connectivity index (χ1n) is 8.16. The Labute approximate surface area is 150 Å². The fraction of sp³-hybridized carbons (Fsp3) is 0.200. The first-order chi connectivity index (χ1) is 12.4. The molecule has 0 atom stereocenters. The first kappa shape index (κ1) is 17.7. The zero-order chi connectivity index (χ0) is 18.7. The van der Waals surface area contributed by atoms with E-state index in [-0.39, 0.29) is 18.1 Å². The van der Waals surface area contributed by atoms with E-state index in [1.807, 2.05) is 31.2 Å². The standard InChI is InChI=1S/C20H19FN2O3/c1-12-5-4-6-16(9-12)25-11-17-14(3)26-23-19(17)20(24)22-18-8-7-15(21)10-13(18)2/h4-10H,11H2,1-3H3,(H,22,24). The van der Waals surface area contributed by atoms with Gasteiger partial charge < -0.3 is 14.6 Å². The minimum absolute atomic E-state index is 0.152. The molecular weight excluding hydrogens is 335 g/mol. The van der Waals surface area contributed by atoms with Gasteiger partial charge in [-0.3, -0.25) is 4.79 Å². The van der Waals surface area contributed by atoms with Crippen LogP contribution in [0.1, 0.15) is 32.9 Å². The number of anilines is 1. The molecule has 0 fully saturated rings. The molecule has 0 aliphatic rings. The number of amides is 1. The van der Waals surface area contributed by atoms with Gasteiger partial charge in [0.2, 0.25) is 0 Å². The Morgan fingerprint density at radius 1 is 1.19 bits per heavy atom. The second-order valence-electron chi connectivity index (χ2n) is 6.08. The zero-order valence-electron chi connectivity index (χ0n) is 14.8. The predicted molar refractivity (Wildman–Crippen MR) is 95.8 cm³/mol. The van der Waals surface area contributed by atoms with Crippen molar-refractivity contribution in [1.29, 1.82) is 0 Å². The summed E-state index contributed by atoms with van der Waals surface area (Å²) in [6, 6.07) is 11.8. The third-order valence-electron chi connectivity index (χ3n) is 4.01. The maximum Gasteiger partial charge on any atom is 0.278 e. The lowest BCUT2D eigenvalue weighted by atomic mass is 10.1. The smallest absolute Gasteiger partial charge is 0.278 e. The predicted octanol–water partition coefficient (Wildman–Crippen LogP) is 4.57. The highest BCUT2D eigenvalue weighted by atomic mass is 19.1. The van der Waals surface area contributed by atoms with E-state index in [0.717, 1.165) is 5.56 Å². The third-order valence-corrected chi connectivity index (χ3v) is 4.01. The van der Waals surface area contributed by atoms with Crippen LogP contribution in [0.25, 0.3) is 0 Å². The number of benzene rings is 2. The molecule has 0 saturated heterocycles. The summed E-state index contributed by atoms with van der Waals surface area (Å²) in [6.45, 7) is 5.57. The van der Waals surface area contributed by atoms with Crippen molar-refractivity contribution in [3.8, 4) is 5.75 Å². The van der Waals surface area contributed by atoms with Crippen molar-refractivity contribution < 1.29 is 18.4 Å². The number of hydrogen-bond donors (Lipinski definition) is 1. The monoisotopic (exact) mass is 354 g/mol. The van der Waals surface area contributed by atoms with Crippen LogP contribution in [0.15, 0.2) is 47.0 Å². The minimum atomic E-state index is -0.431. The van der Waals surface area contributed by atoms with Crippen molar-refractivity contribution in [3.05, 3.63) is 76.4 Å². The number of carbonyl (C=O) groups is 1. The average molecular weight is 354 g/mol. The van der Waals surface area contributed by atoms with Gasteiger partial charge in [0.05, 0.1) is 5.56 Å². The second-order valence-corrected chi connectivity index (χ2v) is 6.08.